The van der Waals surface area contributed by atoms with E-state index in [4.69, 9.17) is 0 Å². The molecule has 1 unspecified atom stereocenters. The van der Waals surface area contributed by atoms with Gasteiger partial charge in [-0.2, -0.15) is 0 Å². The van der Waals surface area contributed by atoms with Crippen LogP contribution in [0.2, 0.25) is 0 Å². The van der Waals surface area contributed by atoms with E-state index in [-0.39, 0.29) is 11.8 Å². The Bertz CT molecular complexity index is 320. The van der Waals surface area contributed by atoms with Gasteiger partial charge in [0.05, 0.1) is 0 Å². The normalized spacial score (nSPS) is 26.2. The van der Waals surface area contributed by atoms with Gasteiger partial charge >= 0.3 is 0 Å². The lowest BCUT2D eigenvalue weighted by Gasteiger charge is -2.09. The zero-order valence-electron chi connectivity index (χ0n) is 8.36. The Kier molecular flexibility index (Phi) is 2.53. The Morgan fingerprint density at radius 3 is 2.64 bits per heavy atom. The fourth-order valence-electron chi connectivity index (χ4n) is 1.97. The molecular weight excluding hydrogens is 174 g/mol. The van der Waals surface area contributed by atoms with E-state index >= 15 is 0 Å². The highest BCUT2D eigenvalue weighted by Gasteiger charge is 2.27. The van der Waals surface area contributed by atoms with E-state index in [1.807, 2.05) is 25.1 Å². The molecule has 0 radical (unpaired) electrons. The molecular formula is C12H15NO. The Morgan fingerprint density at radius 1 is 1.36 bits per heavy atom. The van der Waals surface area contributed by atoms with Crippen molar-refractivity contribution in [3.05, 3.63) is 35.9 Å². The number of benzene rings is 1. The summed E-state index contributed by atoms with van der Waals surface area (Å²) in [6.07, 6.45) is 1.92. The first-order chi connectivity index (χ1) is 6.75. The molecule has 0 bridgehead atoms. The second kappa shape index (κ2) is 3.82. The van der Waals surface area contributed by atoms with Crippen LogP contribution in [0.4, 0.5) is 0 Å². The van der Waals surface area contributed by atoms with Crippen molar-refractivity contribution in [2.24, 2.45) is 5.92 Å². The van der Waals surface area contributed by atoms with Gasteiger partial charge in [0.2, 0.25) is 5.91 Å². The van der Waals surface area contributed by atoms with Crippen LogP contribution in [0.1, 0.15) is 18.9 Å². The number of carbonyl (C=O) groups excluding carboxylic acids is 1. The molecule has 2 rings (SSSR count). The van der Waals surface area contributed by atoms with Crippen molar-refractivity contribution < 1.29 is 4.79 Å². The van der Waals surface area contributed by atoms with E-state index in [0.717, 1.165) is 12.8 Å². The number of rotatable bonds is 2. The minimum atomic E-state index is 0.184. The maximum absolute atomic E-state index is 11.3. The minimum Gasteiger partial charge on any atom is -0.353 e. The van der Waals surface area contributed by atoms with E-state index in [0.29, 0.717) is 6.04 Å². The monoisotopic (exact) mass is 189 g/mol. The van der Waals surface area contributed by atoms with Crippen molar-refractivity contribution >= 4 is 5.91 Å². The summed E-state index contributed by atoms with van der Waals surface area (Å²) >= 11 is 0. The third kappa shape index (κ3) is 1.95. The maximum Gasteiger partial charge on any atom is 0.223 e. The SMILES string of the molecule is C[C@@H]1CC(Cc2ccccc2)NC1=O. The topological polar surface area (TPSA) is 29.1 Å². The summed E-state index contributed by atoms with van der Waals surface area (Å²) in [5, 5.41) is 3.01. The standard InChI is InChI=1S/C12H15NO/c1-9-7-11(13-12(9)14)8-10-5-3-2-4-6-10/h2-6,9,11H,7-8H2,1H3,(H,13,14)/t9-,11?/m1/s1. The number of hydrogen-bond acceptors (Lipinski definition) is 1. The van der Waals surface area contributed by atoms with Crippen molar-refractivity contribution in [3.63, 3.8) is 0 Å². The van der Waals surface area contributed by atoms with Gasteiger partial charge in [-0.15, -0.1) is 0 Å². The van der Waals surface area contributed by atoms with Crippen LogP contribution >= 0.6 is 0 Å². The van der Waals surface area contributed by atoms with E-state index in [2.05, 4.69) is 17.4 Å². The number of hydrogen-bond donors (Lipinski definition) is 1. The van der Waals surface area contributed by atoms with Crippen molar-refractivity contribution in [1.29, 1.82) is 0 Å². The molecule has 1 fully saturated rings. The molecule has 0 saturated carbocycles. The third-order valence-electron chi connectivity index (χ3n) is 2.76. The average Bonchev–Trinajstić information content (AvgIpc) is 2.47. The molecule has 0 aromatic heterocycles. The average molecular weight is 189 g/mol. The Labute approximate surface area is 84.3 Å². The van der Waals surface area contributed by atoms with E-state index in [9.17, 15) is 4.79 Å². The van der Waals surface area contributed by atoms with Crippen LogP contribution in [-0.2, 0) is 11.2 Å². The van der Waals surface area contributed by atoms with Crippen LogP contribution in [0.15, 0.2) is 30.3 Å². The van der Waals surface area contributed by atoms with Gasteiger partial charge in [0, 0.05) is 12.0 Å². The molecule has 1 aliphatic rings. The summed E-state index contributed by atoms with van der Waals surface area (Å²) in [4.78, 5) is 11.3. The largest absolute Gasteiger partial charge is 0.353 e. The first-order valence-corrected chi connectivity index (χ1v) is 5.10. The van der Waals surface area contributed by atoms with Gasteiger partial charge in [-0.05, 0) is 18.4 Å². The van der Waals surface area contributed by atoms with Crippen molar-refractivity contribution in [1.82, 2.24) is 5.32 Å². The molecule has 1 saturated heterocycles. The summed E-state index contributed by atoms with van der Waals surface area (Å²) in [6, 6.07) is 10.6. The lowest BCUT2D eigenvalue weighted by molar-refractivity contribution is -0.122. The smallest absolute Gasteiger partial charge is 0.223 e. The highest BCUT2D eigenvalue weighted by atomic mass is 16.2. The van der Waals surface area contributed by atoms with Crippen molar-refractivity contribution in [2.75, 3.05) is 0 Å². The summed E-state index contributed by atoms with van der Waals surface area (Å²) in [5.74, 6) is 0.384. The summed E-state index contributed by atoms with van der Waals surface area (Å²) < 4.78 is 0. The van der Waals surface area contributed by atoms with Crippen molar-refractivity contribution in [3.8, 4) is 0 Å². The van der Waals surface area contributed by atoms with Gasteiger partial charge in [0.15, 0.2) is 0 Å². The summed E-state index contributed by atoms with van der Waals surface area (Å²) in [5.41, 5.74) is 1.30. The summed E-state index contributed by atoms with van der Waals surface area (Å²) in [7, 11) is 0. The van der Waals surface area contributed by atoms with E-state index in [1.165, 1.54) is 5.56 Å². The van der Waals surface area contributed by atoms with Crippen LogP contribution in [0.25, 0.3) is 0 Å². The molecule has 1 amide bonds. The molecule has 1 aromatic carbocycles. The molecule has 1 heterocycles. The molecule has 2 atom stereocenters. The summed E-state index contributed by atoms with van der Waals surface area (Å²) in [6.45, 7) is 1.99. The number of amides is 1. The Hall–Kier alpha value is -1.31. The lowest BCUT2D eigenvalue weighted by Crippen LogP contribution is -2.27. The number of nitrogens with one attached hydrogen (secondary N) is 1. The predicted molar refractivity (Wildman–Crippen MR) is 55.9 cm³/mol. The predicted octanol–water partition coefficient (Wildman–Crippen LogP) is 1.75. The third-order valence-corrected chi connectivity index (χ3v) is 2.76. The zero-order chi connectivity index (χ0) is 9.97. The maximum atomic E-state index is 11.3. The first-order valence-electron chi connectivity index (χ1n) is 5.10. The molecule has 0 aliphatic carbocycles. The van der Waals surface area contributed by atoms with E-state index in [1.54, 1.807) is 0 Å². The van der Waals surface area contributed by atoms with Gasteiger partial charge in [-0.25, -0.2) is 0 Å². The minimum absolute atomic E-state index is 0.184. The second-order valence-electron chi connectivity index (χ2n) is 4.03. The molecule has 1 N–H and O–H groups in total. The highest BCUT2D eigenvalue weighted by molar-refractivity contribution is 5.80. The fraction of sp³-hybridized carbons (Fsp3) is 0.417. The molecule has 1 aromatic rings. The fourth-order valence-corrected chi connectivity index (χ4v) is 1.97. The van der Waals surface area contributed by atoms with Crippen LogP contribution in [0.3, 0.4) is 0 Å². The van der Waals surface area contributed by atoms with Crippen LogP contribution in [-0.4, -0.2) is 11.9 Å². The Morgan fingerprint density at radius 2 is 2.07 bits per heavy atom. The van der Waals surface area contributed by atoms with Crippen LogP contribution < -0.4 is 5.32 Å². The quantitative estimate of drug-likeness (QED) is 0.754. The van der Waals surface area contributed by atoms with Gasteiger partial charge in [-0.1, -0.05) is 37.3 Å². The van der Waals surface area contributed by atoms with Gasteiger partial charge in [0.1, 0.15) is 0 Å². The lowest BCUT2D eigenvalue weighted by atomic mass is 10.0. The van der Waals surface area contributed by atoms with Gasteiger partial charge < -0.3 is 5.32 Å². The van der Waals surface area contributed by atoms with E-state index < -0.39 is 0 Å². The Balaban J connectivity index is 1.97. The van der Waals surface area contributed by atoms with Gasteiger partial charge in [-0.3, -0.25) is 4.79 Å². The van der Waals surface area contributed by atoms with Crippen LogP contribution in [0.5, 0.6) is 0 Å². The van der Waals surface area contributed by atoms with Crippen LogP contribution in [0, 0.1) is 5.92 Å². The molecule has 14 heavy (non-hydrogen) atoms. The number of carbonyl (C=O) groups is 1. The second-order valence-corrected chi connectivity index (χ2v) is 4.03. The van der Waals surface area contributed by atoms with Crippen molar-refractivity contribution in [2.45, 2.75) is 25.8 Å². The highest BCUT2D eigenvalue weighted by Crippen LogP contribution is 2.17. The van der Waals surface area contributed by atoms with Gasteiger partial charge in [0.25, 0.3) is 0 Å². The molecule has 0 spiro atoms. The molecule has 2 nitrogen and oxygen atoms in total. The molecule has 74 valence electrons. The molecule has 2 heteroatoms. The molecule has 1 aliphatic heterocycles. The zero-order valence-corrected chi connectivity index (χ0v) is 8.36. The first kappa shape index (κ1) is 9.25.